The third-order valence-corrected chi connectivity index (χ3v) is 4.99. The predicted molar refractivity (Wildman–Crippen MR) is 80.5 cm³/mol. The molecule has 8 heteroatoms. The highest BCUT2D eigenvalue weighted by atomic mass is 32.2. The van der Waals surface area contributed by atoms with Crippen LogP contribution in [0.15, 0.2) is 23.1 Å². The quantitative estimate of drug-likeness (QED) is 0.739. The van der Waals surface area contributed by atoms with Crippen molar-refractivity contribution in [2.24, 2.45) is 0 Å². The van der Waals surface area contributed by atoms with E-state index < -0.39 is 16.0 Å². The van der Waals surface area contributed by atoms with Crippen molar-refractivity contribution in [3.8, 4) is 5.75 Å². The van der Waals surface area contributed by atoms with Gasteiger partial charge in [0.2, 0.25) is 10.0 Å². The van der Waals surface area contributed by atoms with Crippen LogP contribution < -0.4 is 14.8 Å². The Bertz CT molecular complexity index is 639. The molecule has 1 fully saturated rings. The lowest BCUT2D eigenvalue weighted by Gasteiger charge is -2.13. The van der Waals surface area contributed by atoms with Crippen LogP contribution in [0, 0.1) is 0 Å². The fourth-order valence-electron chi connectivity index (χ4n) is 2.35. The average Bonchev–Trinajstić information content (AvgIpc) is 3.05. The van der Waals surface area contributed by atoms with Gasteiger partial charge in [0, 0.05) is 12.6 Å². The van der Waals surface area contributed by atoms with E-state index in [-0.39, 0.29) is 22.3 Å². The first-order valence-corrected chi connectivity index (χ1v) is 8.45. The van der Waals surface area contributed by atoms with Gasteiger partial charge in [0.1, 0.15) is 11.3 Å². The molecular formula is C14H20N2O5S. The lowest BCUT2D eigenvalue weighted by Crippen LogP contribution is -2.37. The summed E-state index contributed by atoms with van der Waals surface area (Å²) in [5.41, 5.74) is 0.0758. The molecular weight excluding hydrogens is 308 g/mol. The van der Waals surface area contributed by atoms with Gasteiger partial charge in [0.25, 0.3) is 0 Å². The Hall–Kier alpha value is -1.64. The third kappa shape index (κ3) is 3.76. The largest absolute Gasteiger partial charge is 0.496 e. The maximum absolute atomic E-state index is 12.3. The van der Waals surface area contributed by atoms with Gasteiger partial charge in [-0.3, -0.25) is 0 Å². The molecule has 1 aromatic rings. The van der Waals surface area contributed by atoms with Crippen molar-refractivity contribution in [3.05, 3.63) is 23.8 Å². The number of hydrogen-bond acceptors (Lipinski definition) is 6. The molecule has 0 spiro atoms. The van der Waals surface area contributed by atoms with E-state index >= 15 is 0 Å². The highest BCUT2D eigenvalue weighted by Crippen LogP contribution is 2.23. The van der Waals surface area contributed by atoms with Gasteiger partial charge in [-0.05, 0) is 37.6 Å². The van der Waals surface area contributed by atoms with Crippen LogP contribution in [0.4, 0.5) is 0 Å². The van der Waals surface area contributed by atoms with Gasteiger partial charge in [-0.2, -0.15) is 0 Å². The van der Waals surface area contributed by atoms with E-state index in [4.69, 9.17) is 4.74 Å². The van der Waals surface area contributed by atoms with Crippen molar-refractivity contribution in [1.82, 2.24) is 10.0 Å². The van der Waals surface area contributed by atoms with E-state index in [1.54, 1.807) is 0 Å². The van der Waals surface area contributed by atoms with E-state index in [9.17, 15) is 13.2 Å². The van der Waals surface area contributed by atoms with E-state index in [1.165, 1.54) is 32.4 Å². The molecule has 1 unspecified atom stereocenters. The number of sulfonamides is 1. The van der Waals surface area contributed by atoms with Crippen LogP contribution in [-0.4, -0.2) is 47.7 Å². The SMILES string of the molecule is COC(=O)c1cc(S(=O)(=O)NCC2CCCN2)ccc1OC. The number of ether oxygens (including phenoxy) is 2. The summed E-state index contributed by atoms with van der Waals surface area (Å²) < 4.78 is 36.9. The third-order valence-electron chi connectivity index (χ3n) is 3.57. The van der Waals surface area contributed by atoms with Gasteiger partial charge >= 0.3 is 5.97 Å². The van der Waals surface area contributed by atoms with Crippen LogP contribution in [0.2, 0.25) is 0 Å². The van der Waals surface area contributed by atoms with Crippen LogP contribution >= 0.6 is 0 Å². The molecule has 0 aliphatic carbocycles. The summed E-state index contributed by atoms with van der Waals surface area (Å²) in [5, 5.41) is 3.22. The maximum Gasteiger partial charge on any atom is 0.341 e. The van der Waals surface area contributed by atoms with Crippen molar-refractivity contribution >= 4 is 16.0 Å². The summed E-state index contributed by atoms with van der Waals surface area (Å²) >= 11 is 0. The lowest BCUT2D eigenvalue weighted by atomic mass is 10.2. The molecule has 0 aromatic heterocycles. The van der Waals surface area contributed by atoms with Crippen LogP contribution in [-0.2, 0) is 14.8 Å². The Morgan fingerprint density at radius 3 is 2.77 bits per heavy atom. The zero-order valence-corrected chi connectivity index (χ0v) is 13.4. The minimum absolute atomic E-state index is 0.00620. The topological polar surface area (TPSA) is 93.7 Å². The first-order chi connectivity index (χ1) is 10.5. The van der Waals surface area contributed by atoms with Gasteiger partial charge in [0.15, 0.2) is 0 Å². The van der Waals surface area contributed by atoms with Crippen LogP contribution in [0.25, 0.3) is 0 Å². The molecule has 1 saturated heterocycles. The minimum Gasteiger partial charge on any atom is -0.496 e. The molecule has 1 aliphatic heterocycles. The number of methoxy groups -OCH3 is 2. The molecule has 7 nitrogen and oxygen atoms in total. The molecule has 22 heavy (non-hydrogen) atoms. The first kappa shape index (κ1) is 16.7. The standard InChI is InChI=1S/C14H20N2O5S/c1-20-13-6-5-11(8-12(13)14(17)21-2)22(18,19)16-9-10-4-3-7-15-10/h5-6,8,10,15-16H,3-4,7,9H2,1-2H3. The van der Waals surface area contributed by atoms with Gasteiger partial charge < -0.3 is 14.8 Å². The second-order valence-electron chi connectivity index (χ2n) is 5.00. The zero-order chi connectivity index (χ0) is 16.2. The normalized spacial score (nSPS) is 18.2. The number of carbonyl (C=O) groups excluding carboxylic acids is 1. The molecule has 0 bridgehead atoms. The van der Waals surface area contributed by atoms with Crippen LogP contribution in [0.3, 0.4) is 0 Å². The second-order valence-corrected chi connectivity index (χ2v) is 6.77. The van der Waals surface area contributed by atoms with Crippen molar-refractivity contribution in [3.63, 3.8) is 0 Å². The highest BCUT2D eigenvalue weighted by molar-refractivity contribution is 7.89. The Kier molecular flexibility index (Phi) is 5.38. The number of nitrogens with one attached hydrogen (secondary N) is 2. The van der Waals surface area contributed by atoms with E-state index in [2.05, 4.69) is 14.8 Å². The lowest BCUT2D eigenvalue weighted by molar-refractivity contribution is 0.0597. The highest BCUT2D eigenvalue weighted by Gasteiger charge is 2.22. The minimum atomic E-state index is -3.69. The van der Waals surface area contributed by atoms with Gasteiger partial charge in [-0.25, -0.2) is 17.9 Å². The Morgan fingerprint density at radius 1 is 1.41 bits per heavy atom. The zero-order valence-electron chi connectivity index (χ0n) is 12.6. The fourth-order valence-corrected chi connectivity index (χ4v) is 3.46. The maximum atomic E-state index is 12.3. The number of benzene rings is 1. The molecule has 122 valence electrons. The molecule has 0 saturated carbocycles. The van der Waals surface area contributed by atoms with E-state index in [0.717, 1.165) is 19.4 Å². The molecule has 1 aliphatic rings. The van der Waals surface area contributed by atoms with Crippen LogP contribution in [0.1, 0.15) is 23.2 Å². The fraction of sp³-hybridized carbons (Fsp3) is 0.500. The van der Waals surface area contributed by atoms with Gasteiger partial charge in [-0.1, -0.05) is 0 Å². The number of rotatable bonds is 6. The summed E-state index contributed by atoms with van der Waals surface area (Å²) in [4.78, 5) is 11.7. The molecule has 1 aromatic carbocycles. The molecule has 0 radical (unpaired) electrons. The molecule has 1 heterocycles. The summed E-state index contributed by atoms with van der Waals surface area (Å²) in [5.74, 6) is -0.380. The smallest absolute Gasteiger partial charge is 0.341 e. The molecule has 2 rings (SSSR count). The Labute approximate surface area is 130 Å². The second kappa shape index (κ2) is 7.08. The summed E-state index contributed by atoms with van der Waals surface area (Å²) in [6.07, 6.45) is 1.99. The monoisotopic (exact) mass is 328 g/mol. The molecule has 1 atom stereocenters. The summed E-state index contributed by atoms with van der Waals surface area (Å²) in [6.45, 7) is 1.23. The van der Waals surface area contributed by atoms with E-state index in [0.29, 0.717) is 6.54 Å². The predicted octanol–water partition coefficient (Wildman–Crippen LogP) is 0.512. The van der Waals surface area contributed by atoms with Crippen LogP contribution in [0.5, 0.6) is 5.75 Å². The first-order valence-electron chi connectivity index (χ1n) is 6.97. The van der Waals surface area contributed by atoms with Crippen molar-refractivity contribution < 1.29 is 22.7 Å². The number of esters is 1. The molecule has 0 amide bonds. The Balaban J connectivity index is 2.20. The van der Waals surface area contributed by atoms with Crippen molar-refractivity contribution in [1.29, 1.82) is 0 Å². The van der Waals surface area contributed by atoms with E-state index in [1.807, 2.05) is 0 Å². The van der Waals surface area contributed by atoms with Gasteiger partial charge in [0.05, 0.1) is 19.1 Å². The summed E-state index contributed by atoms with van der Waals surface area (Å²) in [7, 11) is -1.06. The average molecular weight is 328 g/mol. The summed E-state index contributed by atoms with van der Waals surface area (Å²) in [6, 6.07) is 4.24. The molecule has 2 N–H and O–H groups in total. The van der Waals surface area contributed by atoms with Crippen molar-refractivity contribution in [2.75, 3.05) is 27.3 Å². The van der Waals surface area contributed by atoms with Crippen molar-refractivity contribution in [2.45, 2.75) is 23.8 Å². The number of carbonyl (C=O) groups is 1. The van der Waals surface area contributed by atoms with Gasteiger partial charge in [-0.15, -0.1) is 0 Å². The Morgan fingerprint density at radius 2 is 2.18 bits per heavy atom. The number of hydrogen-bond donors (Lipinski definition) is 2.